The topological polar surface area (TPSA) is 88.3 Å². The fourth-order valence-corrected chi connectivity index (χ4v) is 3.71. The lowest BCUT2D eigenvalue weighted by atomic mass is 9.96. The van der Waals surface area contributed by atoms with Crippen LogP contribution in [0.15, 0.2) is 12.3 Å². The number of hydrogen-bond donors (Lipinski definition) is 1. The van der Waals surface area contributed by atoms with E-state index in [-0.39, 0.29) is 24.4 Å². The Morgan fingerprint density at radius 1 is 1.35 bits per heavy atom. The Morgan fingerprint density at radius 2 is 2.12 bits per heavy atom. The average molecular weight is 358 g/mol. The lowest BCUT2D eigenvalue weighted by Crippen LogP contribution is -2.44. The number of likely N-dealkylation sites (tertiary alicyclic amines) is 1. The van der Waals surface area contributed by atoms with Gasteiger partial charge in [-0.25, -0.2) is 9.67 Å². The van der Waals surface area contributed by atoms with Crippen LogP contribution in [0.5, 0.6) is 0 Å². The van der Waals surface area contributed by atoms with E-state index in [9.17, 15) is 9.59 Å². The molecule has 0 aliphatic carbocycles. The maximum atomic E-state index is 13.3. The second-order valence-electron chi connectivity index (χ2n) is 7.31. The third-order valence-corrected chi connectivity index (χ3v) is 4.99. The molecule has 0 radical (unpaired) electrons. The van der Waals surface area contributed by atoms with Crippen molar-refractivity contribution in [3.05, 3.63) is 23.5 Å². The van der Waals surface area contributed by atoms with Crippen LogP contribution in [-0.4, -0.2) is 49.2 Å². The summed E-state index contributed by atoms with van der Waals surface area (Å²) in [4.78, 5) is 30.7. The number of pyridine rings is 1. The summed E-state index contributed by atoms with van der Waals surface area (Å²) in [7, 11) is 0. The first-order valence-electron chi connectivity index (χ1n) is 9.26. The number of aromatic nitrogens is 3. The molecular formula is C19H26N4O3. The lowest BCUT2D eigenvalue weighted by Gasteiger charge is -2.36. The van der Waals surface area contributed by atoms with Crippen molar-refractivity contribution in [1.29, 1.82) is 0 Å². The number of fused-ring (bicyclic) bond motifs is 1. The zero-order valence-corrected chi connectivity index (χ0v) is 15.6. The Bertz CT molecular complexity index is 828. The Hall–Kier alpha value is -2.44. The molecule has 3 rings (SSSR count). The predicted octanol–water partition coefficient (Wildman–Crippen LogP) is 3.18. The van der Waals surface area contributed by atoms with Gasteiger partial charge in [0, 0.05) is 30.7 Å². The van der Waals surface area contributed by atoms with Gasteiger partial charge in [0.2, 0.25) is 0 Å². The predicted molar refractivity (Wildman–Crippen MR) is 98.2 cm³/mol. The Balaban J connectivity index is 1.96. The number of aryl methyl sites for hydroxylation is 1. The zero-order chi connectivity index (χ0) is 18.8. The van der Waals surface area contributed by atoms with Gasteiger partial charge in [-0.05, 0) is 52.5 Å². The Kier molecular flexibility index (Phi) is 5.25. The minimum absolute atomic E-state index is 0.0176. The highest BCUT2D eigenvalue weighted by atomic mass is 16.4. The number of carbonyl (C=O) groups is 2. The van der Waals surface area contributed by atoms with Crippen LogP contribution in [0.4, 0.5) is 0 Å². The molecule has 1 saturated heterocycles. The summed E-state index contributed by atoms with van der Waals surface area (Å²) in [5.41, 5.74) is 2.12. The summed E-state index contributed by atoms with van der Waals surface area (Å²) in [6.07, 6.45) is 5.14. The minimum Gasteiger partial charge on any atom is -0.481 e. The van der Waals surface area contributed by atoms with Crippen molar-refractivity contribution in [1.82, 2.24) is 19.7 Å². The Morgan fingerprint density at radius 3 is 2.81 bits per heavy atom. The fourth-order valence-electron chi connectivity index (χ4n) is 3.71. The number of carbonyl (C=O) groups excluding carboxylic acids is 1. The van der Waals surface area contributed by atoms with Crippen LogP contribution in [0.1, 0.15) is 68.0 Å². The van der Waals surface area contributed by atoms with E-state index in [0.717, 1.165) is 36.0 Å². The summed E-state index contributed by atoms with van der Waals surface area (Å²) in [6, 6.07) is 1.96. The average Bonchev–Trinajstić information content (AvgIpc) is 3.02. The molecule has 1 fully saturated rings. The standard InChI is InChI=1S/C19H26N4O3/c1-12(2)23-18-16(11-20-23)15(10-13(3)21-18)19(26)22-9-5-4-6-14(22)7-8-17(24)25/h10-12,14H,4-9H2,1-3H3,(H,24,25). The molecule has 0 saturated carbocycles. The van der Waals surface area contributed by atoms with Gasteiger partial charge in [-0.15, -0.1) is 0 Å². The summed E-state index contributed by atoms with van der Waals surface area (Å²) >= 11 is 0. The molecule has 7 heteroatoms. The molecule has 26 heavy (non-hydrogen) atoms. The van der Waals surface area contributed by atoms with Gasteiger partial charge in [0.1, 0.15) is 0 Å². The van der Waals surface area contributed by atoms with Crippen molar-refractivity contribution < 1.29 is 14.7 Å². The monoisotopic (exact) mass is 358 g/mol. The second kappa shape index (κ2) is 7.43. The normalized spacial score (nSPS) is 17.8. The van der Waals surface area contributed by atoms with Gasteiger partial charge in [-0.3, -0.25) is 9.59 Å². The molecule has 0 bridgehead atoms. The molecular weight excluding hydrogens is 332 g/mol. The molecule has 2 aromatic rings. The summed E-state index contributed by atoms with van der Waals surface area (Å²) in [5, 5.41) is 14.2. The van der Waals surface area contributed by atoms with E-state index >= 15 is 0 Å². The van der Waals surface area contributed by atoms with Crippen LogP contribution < -0.4 is 0 Å². The molecule has 3 heterocycles. The van der Waals surface area contributed by atoms with E-state index in [1.807, 2.05) is 36.4 Å². The molecule has 1 amide bonds. The van der Waals surface area contributed by atoms with E-state index in [2.05, 4.69) is 10.1 Å². The van der Waals surface area contributed by atoms with Gasteiger partial charge in [0.05, 0.1) is 17.1 Å². The smallest absolute Gasteiger partial charge is 0.303 e. The number of amides is 1. The third-order valence-electron chi connectivity index (χ3n) is 4.99. The van der Waals surface area contributed by atoms with E-state index < -0.39 is 5.97 Å². The van der Waals surface area contributed by atoms with Crippen molar-refractivity contribution in [2.45, 2.75) is 65.0 Å². The fraction of sp³-hybridized carbons (Fsp3) is 0.579. The number of hydrogen-bond acceptors (Lipinski definition) is 4. The van der Waals surface area contributed by atoms with Crippen molar-refractivity contribution >= 4 is 22.9 Å². The maximum Gasteiger partial charge on any atom is 0.303 e. The molecule has 2 aromatic heterocycles. The molecule has 1 atom stereocenters. The quantitative estimate of drug-likeness (QED) is 0.887. The van der Waals surface area contributed by atoms with Crippen LogP contribution in [-0.2, 0) is 4.79 Å². The SMILES string of the molecule is Cc1cc(C(=O)N2CCCCC2CCC(=O)O)c2cnn(C(C)C)c2n1. The van der Waals surface area contributed by atoms with Gasteiger partial charge < -0.3 is 10.0 Å². The van der Waals surface area contributed by atoms with Gasteiger partial charge in [0.15, 0.2) is 5.65 Å². The minimum atomic E-state index is -0.816. The largest absolute Gasteiger partial charge is 0.481 e. The molecule has 1 aliphatic rings. The van der Waals surface area contributed by atoms with E-state index in [0.29, 0.717) is 18.5 Å². The molecule has 1 unspecified atom stereocenters. The molecule has 0 spiro atoms. The van der Waals surface area contributed by atoms with Crippen molar-refractivity contribution in [2.75, 3.05) is 6.54 Å². The van der Waals surface area contributed by atoms with Crippen molar-refractivity contribution in [3.8, 4) is 0 Å². The first-order valence-corrected chi connectivity index (χ1v) is 9.26. The van der Waals surface area contributed by atoms with E-state index in [1.54, 1.807) is 6.20 Å². The maximum absolute atomic E-state index is 13.3. The molecule has 1 N–H and O–H groups in total. The van der Waals surface area contributed by atoms with Crippen LogP contribution in [0.3, 0.4) is 0 Å². The molecule has 0 aromatic carbocycles. The lowest BCUT2D eigenvalue weighted by molar-refractivity contribution is -0.137. The first kappa shape index (κ1) is 18.4. The van der Waals surface area contributed by atoms with Crippen molar-refractivity contribution in [2.24, 2.45) is 0 Å². The molecule has 1 aliphatic heterocycles. The van der Waals surface area contributed by atoms with E-state index in [1.165, 1.54) is 0 Å². The van der Waals surface area contributed by atoms with Crippen LogP contribution in [0.25, 0.3) is 11.0 Å². The number of carboxylic acid groups (broad SMARTS) is 1. The van der Waals surface area contributed by atoms with Gasteiger partial charge in [-0.1, -0.05) is 0 Å². The Labute approximate surface area is 153 Å². The van der Waals surface area contributed by atoms with Crippen LogP contribution in [0, 0.1) is 6.92 Å². The number of aliphatic carboxylic acids is 1. The summed E-state index contributed by atoms with van der Waals surface area (Å²) in [6.45, 7) is 6.62. The highest BCUT2D eigenvalue weighted by molar-refractivity contribution is 6.05. The van der Waals surface area contributed by atoms with Gasteiger partial charge >= 0.3 is 5.97 Å². The van der Waals surface area contributed by atoms with Crippen molar-refractivity contribution in [3.63, 3.8) is 0 Å². The number of carboxylic acids is 1. The zero-order valence-electron chi connectivity index (χ0n) is 15.6. The highest BCUT2D eigenvalue weighted by Gasteiger charge is 2.29. The summed E-state index contributed by atoms with van der Waals surface area (Å²) < 4.78 is 1.83. The first-order chi connectivity index (χ1) is 12.4. The molecule has 7 nitrogen and oxygen atoms in total. The highest BCUT2D eigenvalue weighted by Crippen LogP contribution is 2.27. The van der Waals surface area contributed by atoms with E-state index in [4.69, 9.17) is 5.11 Å². The molecule has 140 valence electrons. The number of nitrogens with zero attached hydrogens (tertiary/aromatic N) is 4. The third kappa shape index (κ3) is 3.57. The number of piperidine rings is 1. The van der Waals surface area contributed by atoms with Crippen LogP contribution in [0.2, 0.25) is 0 Å². The van der Waals surface area contributed by atoms with Gasteiger partial charge in [-0.2, -0.15) is 5.10 Å². The van der Waals surface area contributed by atoms with Crippen LogP contribution >= 0.6 is 0 Å². The van der Waals surface area contributed by atoms with Gasteiger partial charge in [0.25, 0.3) is 5.91 Å². The summed E-state index contributed by atoms with van der Waals surface area (Å²) in [5.74, 6) is -0.859. The second-order valence-corrected chi connectivity index (χ2v) is 7.31. The number of rotatable bonds is 5.